The number of allylic oxidation sites excluding steroid dienone is 1. The zero-order valence-electron chi connectivity index (χ0n) is 15.1. The Morgan fingerprint density at radius 3 is 2.46 bits per heavy atom. The standard InChI is InChI=1S/C22H22N2O2/c1-4-8-21-16(2)23-24(17(21)3)22(25)19-11-13-20(14-12-19)26-15-18-9-6-5-7-10-18/h4-7,9-14H,1,8,15H2,2-3H3. The first kappa shape index (κ1) is 17.7. The summed E-state index contributed by atoms with van der Waals surface area (Å²) < 4.78 is 7.23. The van der Waals surface area contributed by atoms with Gasteiger partial charge in [-0.2, -0.15) is 5.10 Å². The minimum Gasteiger partial charge on any atom is -0.489 e. The maximum atomic E-state index is 12.8. The lowest BCUT2D eigenvalue weighted by Gasteiger charge is -2.08. The molecule has 0 saturated carbocycles. The fraction of sp³-hybridized carbons (Fsp3) is 0.182. The predicted molar refractivity (Wildman–Crippen MR) is 103 cm³/mol. The first-order chi connectivity index (χ1) is 12.6. The zero-order chi connectivity index (χ0) is 18.5. The normalized spacial score (nSPS) is 10.5. The number of aryl methyl sites for hydroxylation is 1. The van der Waals surface area contributed by atoms with Gasteiger partial charge >= 0.3 is 0 Å². The van der Waals surface area contributed by atoms with Crippen LogP contribution in [-0.4, -0.2) is 15.7 Å². The molecule has 0 radical (unpaired) electrons. The first-order valence-corrected chi connectivity index (χ1v) is 8.57. The molecule has 0 bridgehead atoms. The topological polar surface area (TPSA) is 44.1 Å². The van der Waals surface area contributed by atoms with E-state index in [4.69, 9.17) is 4.74 Å². The molecule has 0 unspecified atom stereocenters. The average molecular weight is 346 g/mol. The minimum absolute atomic E-state index is 0.143. The van der Waals surface area contributed by atoms with Gasteiger partial charge in [0.25, 0.3) is 5.91 Å². The van der Waals surface area contributed by atoms with Crippen LogP contribution in [0, 0.1) is 13.8 Å². The second-order valence-electron chi connectivity index (χ2n) is 6.16. The third kappa shape index (κ3) is 3.75. The van der Waals surface area contributed by atoms with E-state index >= 15 is 0 Å². The molecule has 0 spiro atoms. The van der Waals surface area contributed by atoms with E-state index in [1.165, 1.54) is 4.68 Å². The van der Waals surface area contributed by atoms with Gasteiger partial charge in [0.05, 0.1) is 5.69 Å². The van der Waals surface area contributed by atoms with Gasteiger partial charge in [-0.05, 0) is 50.1 Å². The van der Waals surface area contributed by atoms with E-state index < -0.39 is 0 Å². The van der Waals surface area contributed by atoms with E-state index in [0.29, 0.717) is 18.6 Å². The minimum atomic E-state index is -0.143. The molecule has 0 atom stereocenters. The molecule has 0 N–H and O–H groups in total. The molecular formula is C22H22N2O2. The smallest absolute Gasteiger partial charge is 0.278 e. The highest BCUT2D eigenvalue weighted by atomic mass is 16.5. The van der Waals surface area contributed by atoms with Gasteiger partial charge in [0.15, 0.2) is 0 Å². The van der Waals surface area contributed by atoms with Crippen LogP contribution in [0.5, 0.6) is 5.75 Å². The highest BCUT2D eigenvalue weighted by Gasteiger charge is 2.17. The monoisotopic (exact) mass is 346 g/mol. The van der Waals surface area contributed by atoms with Gasteiger partial charge in [0.1, 0.15) is 12.4 Å². The molecule has 26 heavy (non-hydrogen) atoms. The summed E-state index contributed by atoms with van der Waals surface area (Å²) in [5.74, 6) is 0.585. The molecule has 3 aromatic rings. The molecule has 0 aliphatic carbocycles. The van der Waals surface area contributed by atoms with Crippen LogP contribution >= 0.6 is 0 Å². The number of rotatable bonds is 6. The highest BCUT2D eigenvalue weighted by Crippen LogP contribution is 2.18. The summed E-state index contributed by atoms with van der Waals surface area (Å²) in [4.78, 5) is 12.8. The molecule has 1 heterocycles. The van der Waals surface area contributed by atoms with Crippen molar-refractivity contribution in [3.8, 4) is 5.75 Å². The summed E-state index contributed by atoms with van der Waals surface area (Å²) in [6.45, 7) is 8.08. The van der Waals surface area contributed by atoms with E-state index in [2.05, 4.69) is 11.7 Å². The van der Waals surface area contributed by atoms with Gasteiger partial charge in [0, 0.05) is 16.8 Å². The maximum absolute atomic E-state index is 12.8. The number of nitrogens with zero attached hydrogens (tertiary/aromatic N) is 2. The quantitative estimate of drug-likeness (QED) is 0.618. The van der Waals surface area contributed by atoms with Crippen molar-refractivity contribution in [3.05, 3.63) is 95.3 Å². The van der Waals surface area contributed by atoms with Crippen molar-refractivity contribution in [1.29, 1.82) is 0 Å². The van der Waals surface area contributed by atoms with Gasteiger partial charge in [-0.25, -0.2) is 4.68 Å². The lowest BCUT2D eigenvalue weighted by atomic mass is 10.1. The van der Waals surface area contributed by atoms with Crippen LogP contribution in [0.1, 0.15) is 32.9 Å². The fourth-order valence-corrected chi connectivity index (χ4v) is 2.87. The van der Waals surface area contributed by atoms with Gasteiger partial charge in [-0.15, -0.1) is 6.58 Å². The van der Waals surface area contributed by atoms with Crippen LogP contribution in [0.4, 0.5) is 0 Å². The third-order valence-electron chi connectivity index (χ3n) is 4.33. The Balaban J connectivity index is 1.73. The van der Waals surface area contributed by atoms with Crippen LogP contribution < -0.4 is 4.74 Å². The Morgan fingerprint density at radius 2 is 1.81 bits per heavy atom. The number of hydrogen-bond acceptors (Lipinski definition) is 3. The summed E-state index contributed by atoms with van der Waals surface area (Å²) in [7, 11) is 0. The SMILES string of the molecule is C=CCc1c(C)nn(C(=O)c2ccc(OCc3ccccc3)cc2)c1C. The number of ether oxygens (including phenoxy) is 1. The Hall–Kier alpha value is -3.14. The largest absolute Gasteiger partial charge is 0.489 e. The molecule has 2 aromatic carbocycles. The van der Waals surface area contributed by atoms with Crippen LogP contribution in [-0.2, 0) is 13.0 Å². The average Bonchev–Trinajstić information content (AvgIpc) is 2.96. The van der Waals surface area contributed by atoms with Gasteiger partial charge in [-0.3, -0.25) is 4.79 Å². The highest BCUT2D eigenvalue weighted by molar-refractivity contribution is 5.96. The summed E-state index contributed by atoms with van der Waals surface area (Å²) in [5, 5.41) is 4.39. The fourth-order valence-electron chi connectivity index (χ4n) is 2.87. The Labute approximate surface area is 153 Å². The van der Waals surface area contributed by atoms with E-state index in [-0.39, 0.29) is 5.91 Å². The van der Waals surface area contributed by atoms with E-state index in [9.17, 15) is 4.79 Å². The molecule has 3 rings (SSSR count). The number of benzene rings is 2. The zero-order valence-corrected chi connectivity index (χ0v) is 15.1. The summed E-state index contributed by atoms with van der Waals surface area (Å²) in [5.41, 5.74) is 4.45. The summed E-state index contributed by atoms with van der Waals surface area (Å²) in [6, 6.07) is 17.1. The Kier molecular flexibility index (Phi) is 5.32. The van der Waals surface area contributed by atoms with Crippen LogP contribution in [0.3, 0.4) is 0 Å². The molecular weight excluding hydrogens is 324 g/mol. The van der Waals surface area contributed by atoms with Crippen molar-refractivity contribution in [2.24, 2.45) is 0 Å². The van der Waals surface area contributed by atoms with Crippen molar-refractivity contribution in [3.63, 3.8) is 0 Å². The number of carbonyl (C=O) groups excluding carboxylic acids is 1. The van der Waals surface area contributed by atoms with Crippen LogP contribution in [0.15, 0.2) is 67.3 Å². The van der Waals surface area contributed by atoms with Crippen LogP contribution in [0.25, 0.3) is 0 Å². The molecule has 0 aliphatic heterocycles. The lowest BCUT2D eigenvalue weighted by molar-refractivity contribution is 0.0942. The second kappa shape index (κ2) is 7.83. The van der Waals surface area contributed by atoms with Crippen molar-refractivity contribution >= 4 is 5.91 Å². The number of aromatic nitrogens is 2. The predicted octanol–water partition coefficient (Wildman–Crippen LogP) is 4.50. The Morgan fingerprint density at radius 1 is 1.12 bits per heavy atom. The van der Waals surface area contributed by atoms with Crippen molar-refractivity contribution in [2.75, 3.05) is 0 Å². The molecule has 4 heteroatoms. The summed E-state index contributed by atoms with van der Waals surface area (Å²) in [6.07, 6.45) is 2.53. The molecule has 132 valence electrons. The molecule has 0 fully saturated rings. The third-order valence-corrected chi connectivity index (χ3v) is 4.33. The van der Waals surface area contributed by atoms with Crippen LogP contribution in [0.2, 0.25) is 0 Å². The molecule has 0 aliphatic rings. The van der Waals surface area contributed by atoms with Gasteiger partial charge in [-0.1, -0.05) is 36.4 Å². The number of hydrogen-bond donors (Lipinski definition) is 0. The van der Waals surface area contributed by atoms with Crippen molar-refractivity contribution in [2.45, 2.75) is 26.9 Å². The van der Waals surface area contributed by atoms with Gasteiger partial charge in [0.2, 0.25) is 0 Å². The van der Waals surface area contributed by atoms with Crippen molar-refractivity contribution in [1.82, 2.24) is 9.78 Å². The van der Waals surface area contributed by atoms with E-state index in [1.54, 1.807) is 12.1 Å². The molecule has 0 saturated heterocycles. The Bertz CT molecular complexity index is 909. The molecule has 1 aromatic heterocycles. The van der Waals surface area contributed by atoms with Crippen molar-refractivity contribution < 1.29 is 9.53 Å². The van der Waals surface area contributed by atoms with E-state index in [0.717, 1.165) is 28.3 Å². The maximum Gasteiger partial charge on any atom is 0.278 e. The van der Waals surface area contributed by atoms with E-state index in [1.807, 2.05) is 62.4 Å². The first-order valence-electron chi connectivity index (χ1n) is 8.57. The summed E-state index contributed by atoms with van der Waals surface area (Å²) >= 11 is 0. The number of carbonyl (C=O) groups is 1. The second-order valence-corrected chi connectivity index (χ2v) is 6.16. The van der Waals surface area contributed by atoms with Gasteiger partial charge < -0.3 is 4.74 Å². The molecule has 0 amide bonds. The molecule has 4 nitrogen and oxygen atoms in total. The lowest BCUT2D eigenvalue weighted by Crippen LogP contribution is -2.15.